The maximum Gasteiger partial charge on any atom is 0.251 e. The van der Waals surface area contributed by atoms with Crippen molar-refractivity contribution in [3.05, 3.63) is 34.9 Å². The van der Waals surface area contributed by atoms with E-state index in [0.29, 0.717) is 5.92 Å². The zero-order chi connectivity index (χ0) is 14.5. The van der Waals surface area contributed by atoms with Crippen LogP contribution in [0.15, 0.2) is 18.2 Å². The van der Waals surface area contributed by atoms with Gasteiger partial charge in [-0.05, 0) is 49.1 Å². The lowest BCUT2D eigenvalue weighted by Crippen LogP contribution is -2.38. The summed E-state index contributed by atoms with van der Waals surface area (Å²) in [6, 6.07) is 6.33. The summed E-state index contributed by atoms with van der Waals surface area (Å²) in [5, 5.41) is 6.50. The third-order valence-corrected chi connectivity index (χ3v) is 4.47. The summed E-state index contributed by atoms with van der Waals surface area (Å²) in [6.45, 7) is 8.38. The molecule has 1 aromatic rings. The first kappa shape index (κ1) is 15.0. The van der Waals surface area contributed by atoms with Crippen molar-refractivity contribution in [1.82, 2.24) is 10.6 Å². The fourth-order valence-electron chi connectivity index (χ4n) is 3.03. The number of hydrogen-bond donors (Lipinski definition) is 2. The Morgan fingerprint density at radius 1 is 1.30 bits per heavy atom. The van der Waals surface area contributed by atoms with E-state index in [0.717, 1.165) is 37.9 Å². The third-order valence-electron chi connectivity index (χ3n) is 4.47. The van der Waals surface area contributed by atoms with Crippen LogP contribution in [0.5, 0.6) is 0 Å². The van der Waals surface area contributed by atoms with Crippen LogP contribution in [-0.4, -0.2) is 18.5 Å². The molecule has 0 bridgehead atoms. The second-order valence-corrected chi connectivity index (χ2v) is 5.75. The van der Waals surface area contributed by atoms with Crippen LogP contribution in [0.1, 0.15) is 55.1 Å². The number of nitrogens with one attached hydrogen (secondary N) is 2. The van der Waals surface area contributed by atoms with Gasteiger partial charge in [-0.1, -0.05) is 32.8 Å². The summed E-state index contributed by atoms with van der Waals surface area (Å²) >= 11 is 0. The molecule has 20 heavy (non-hydrogen) atoms. The molecule has 0 saturated heterocycles. The summed E-state index contributed by atoms with van der Waals surface area (Å²) in [5.41, 5.74) is 3.41. The lowest BCUT2D eigenvalue weighted by molar-refractivity contribution is 0.0925. The Kier molecular flexibility index (Phi) is 5.18. The van der Waals surface area contributed by atoms with Crippen molar-refractivity contribution < 1.29 is 4.79 Å². The predicted octanol–water partition coefficient (Wildman–Crippen LogP) is 2.89. The second-order valence-electron chi connectivity index (χ2n) is 5.75. The number of fused-ring (bicyclic) bond motifs is 1. The highest BCUT2D eigenvalue weighted by atomic mass is 16.1. The zero-order valence-electron chi connectivity index (χ0n) is 12.8. The van der Waals surface area contributed by atoms with Gasteiger partial charge in [-0.3, -0.25) is 4.79 Å². The summed E-state index contributed by atoms with van der Waals surface area (Å²) < 4.78 is 0. The van der Waals surface area contributed by atoms with Gasteiger partial charge in [-0.15, -0.1) is 0 Å². The Morgan fingerprint density at radius 2 is 2.05 bits per heavy atom. The zero-order valence-corrected chi connectivity index (χ0v) is 12.8. The lowest BCUT2D eigenvalue weighted by atomic mass is 9.94. The molecule has 3 nitrogen and oxygen atoms in total. The molecule has 0 aromatic heterocycles. The van der Waals surface area contributed by atoms with Crippen molar-refractivity contribution >= 4 is 5.91 Å². The largest absolute Gasteiger partial charge is 0.349 e. The Hall–Kier alpha value is -1.35. The first-order valence-electron chi connectivity index (χ1n) is 7.79. The Bertz CT molecular complexity index is 466. The van der Waals surface area contributed by atoms with Gasteiger partial charge in [0.05, 0.1) is 0 Å². The molecule has 1 heterocycles. The minimum absolute atomic E-state index is 0.0535. The van der Waals surface area contributed by atoms with Crippen LogP contribution in [0, 0.1) is 5.92 Å². The van der Waals surface area contributed by atoms with E-state index in [-0.39, 0.29) is 11.9 Å². The summed E-state index contributed by atoms with van der Waals surface area (Å²) in [7, 11) is 0. The standard InChI is InChI=1S/C17H26N2O/c1-4-13(5-2)12(3)19-17(20)15-7-6-14-8-9-18-11-16(14)10-15/h6-7,10,12-13,18H,4-5,8-9,11H2,1-3H3,(H,19,20). The van der Waals surface area contributed by atoms with E-state index in [1.807, 2.05) is 12.1 Å². The molecular formula is C17H26N2O. The normalized spacial score (nSPS) is 15.8. The van der Waals surface area contributed by atoms with Gasteiger partial charge in [0.2, 0.25) is 0 Å². The molecule has 0 radical (unpaired) electrons. The van der Waals surface area contributed by atoms with Gasteiger partial charge >= 0.3 is 0 Å². The monoisotopic (exact) mass is 274 g/mol. The van der Waals surface area contributed by atoms with Crippen molar-refractivity contribution in [3.8, 4) is 0 Å². The molecule has 1 aliphatic heterocycles. The van der Waals surface area contributed by atoms with Gasteiger partial charge in [0.1, 0.15) is 0 Å². The highest BCUT2D eigenvalue weighted by Gasteiger charge is 2.18. The van der Waals surface area contributed by atoms with E-state index in [1.54, 1.807) is 0 Å². The highest BCUT2D eigenvalue weighted by Crippen LogP contribution is 2.17. The first-order valence-corrected chi connectivity index (χ1v) is 7.79. The van der Waals surface area contributed by atoms with E-state index in [4.69, 9.17) is 0 Å². The molecule has 2 rings (SSSR count). The number of hydrogen-bond acceptors (Lipinski definition) is 2. The van der Waals surface area contributed by atoms with Crippen LogP contribution >= 0.6 is 0 Å². The van der Waals surface area contributed by atoms with Crippen molar-refractivity contribution in [2.75, 3.05) is 6.54 Å². The Morgan fingerprint density at radius 3 is 2.75 bits per heavy atom. The van der Waals surface area contributed by atoms with E-state index < -0.39 is 0 Å². The molecule has 1 atom stereocenters. The molecule has 110 valence electrons. The molecule has 2 N–H and O–H groups in total. The summed E-state index contributed by atoms with van der Waals surface area (Å²) in [5.74, 6) is 0.607. The van der Waals surface area contributed by atoms with Crippen LogP contribution in [0.3, 0.4) is 0 Å². The SMILES string of the molecule is CCC(CC)C(C)NC(=O)c1ccc2c(c1)CNCC2. The minimum atomic E-state index is 0.0535. The fourth-order valence-corrected chi connectivity index (χ4v) is 3.03. The molecule has 1 aliphatic rings. The first-order chi connectivity index (χ1) is 9.65. The quantitative estimate of drug-likeness (QED) is 0.867. The van der Waals surface area contributed by atoms with Crippen LogP contribution < -0.4 is 10.6 Å². The van der Waals surface area contributed by atoms with Gasteiger partial charge in [0, 0.05) is 18.2 Å². The lowest BCUT2D eigenvalue weighted by Gasteiger charge is -2.23. The summed E-state index contributed by atoms with van der Waals surface area (Å²) in [6.07, 6.45) is 3.26. The Labute approximate surface area is 122 Å². The molecule has 0 spiro atoms. The van der Waals surface area contributed by atoms with Crippen molar-refractivity contribution in [2.45, 2.75) is 52.6 Å². The van der Waals surface area contributed by atoms with E-state index in [2.05, 4.69) is 37.5 Å². The number of carbonyl (C=O) groups is 1. The maximum atomic E-state index is 12.3. The maximum absolute atomic E-state index is 12.3. The van der Waals surface area contributed by atoms with Gasteiger partial charge in [-0.25, -0.2) is 0 Å². The van der Waals surface area contributed by atoms with Gasteiger partial charge in [0.15, 0.2) is 0 Å². The molecule has 0 saturated carbocycles. The molecule has 0 fully saturated rings. The Balaban J connectivity index is 2.05. The van der Waals surface area contributed by atoms with Gasteiger partial charge in [0.25, 0.3) is 5.91 Å². The van der Waals surface area contributed by atoms with Crippen molar-refractivity contribution in [2.24, 2.45) is 5.92 Å². The highest BCUT2D eigenvalue weighted by molar-refractivity contribution is 5.94. The fraction of sp³-hybridized carbons (Fsp3) is 0.588. The number of amides is 1. The van der Waals surface area contributed by atoms with E-state index in [9.17, 15) is 4.79 Å². The van der Waals surface area contributed by atoms with Gasteiger partial charge in [-0.2, -0.15) is 0 Å². The van der Waals surface area contributed by atoms with Crippen molar-refractivity contribution in [3.63, 3.8) is 0 Å². The van der Waals surface area contributed by atoms with Crippen LogP contribution in [0.25, 0.3) is 0 Å². The third kappa shape index (κ3) is 3.40. The summed E-state index contributed by atoms with van der Waals surface area (Å²) in [4.78, 5) is 12.3. The predicted molar refractivity (Wildman–Crippen MR) is 82.9 cm³/mol. The molecule has 0 aliphatic carbocycles. The molecule has 1 unspecified atom stereocenters. The van der Waals surface area contributed by atoms with E-state index >= 15 is 0 Å². The van der Waals surface area contributed by atoms with Crippen LogP contribution in [-0.2, 0) is 13.0 Å². The smallest absolute Gasteiger partial charge is 0.251 e. The topological polar surface area (TPSA) is 41.1 Å². The van der Waals surface area contributed by atoms with Crippen LogP contribution in [0.2, 0.25) is 0 Å². The van der Waals surface area contributed by atoms with Crippen LogP contribution in [0.4, 0.5) is 0 Å². The van der Waals surface area contributed by atoms with E-state index in [1.165, 1.54) is 11.1 Å². The molecule has 1 aromatic carbocycles. The van der Waals surface area contributed by atoms with Gasteiger partial charge < -0.3 is 10.6 Å². The molecule has 3 heteroatoms. The second kappa shape index (κ2) is 6.89. The molecular weight excluding hydrogens is 248 g/mol. The number of rotatable bonds is 5. The number of benzene rings is 1. The average Bonchev–Trinajstić information content (AvgIpc) is 2.48. The van der Waals surface area contributed by atoms with Crippen molar-refractivity contribution in [1.29, 1.82) is 0 Å². The number of carbonyl (C=O) groups excluding carboxylic acids is 1. The molecule has 1 amide bonds. The minimum Gasteiger partial charge on any atom is -0.349 e. The average molecular weight is 274 g/mol.